The smallest absolute Gasteiger partial charge is 0.306 e. The number of likely N-dealkylation sites (tertiary alicyclic amines) is 1. The third-order valence-corrected chi connectivity index (χ3v) is 11.5. The van der Waals surface area contributed by atoms with Crippen molar-refractivity contribution in [1.29, 1.82) is 0 Å². The fourth-order valence-corrected chi connectivity index (χ4v) is 9.45. The van der Waals surface area contributed by atoms with Crippen LogP contribution in [0.5, 0.6) is 0 Å². The second-order valence-corrected chi connectivity index (χ2v) is 15.1. The Morgan fingerprint density at radius 1 is 1.07 bits per heavy atom. The molecule has 2 saturated carbocycles. The number of pyridine rings is 1. The van der Waals surface area contributed by atoms with E-state index in [4.69, 9.17) is 4.55 Å². The van der Waals surface area contributed by atoms with Crippen LogP contribution in [-0.2, 0) is 14.9 Å². The Hall–Kier alpha value is -2.03. The summed E-state index contributed by atoms with van der Waals surface area (Å²) in [5, 5.41) is 9.65. The van der Waals surface area contributed by atoms with E-state index < -0.39 is 16.1 Å². The minimum atomic E-state index is -3.67. The number of allylic oxidation sites excluding steroid dienone is 4. The van der Waals surface area contributed by atoms with Gasteiger partial charge >= 0.3 is 5.97 Å². The maximum atomic E-state index is 11.7. The summed E-state index contributed by atoms with van der Waals surface area (Å²) in [4.78, 5) is 18.6. The van der Waals surface area contributed by atoms with E-state index in [0.717, 1.165) is 37.1 Å². The Morgan fingerprint density at radius 2 is 1.80 bits per heavy atom. The van der Waals surface area contributed by atoms with Gasteiger partial charge in [0, 0.05) is 18.4 Å². The van der Waals surface area contributed by atoms with Crippen LogP contribution in [-0.4, -0.2) is 59.8 Å². The predicted octanol–water partition coefficient (Wildman–Crippen LogP) is 5.95. The van der Waals surface area contributed by atoms with E-state index in [0.29, 0.717) is 23.6 Å². The largest absolute Gasteiger partial charge is 0.481 e. The van der Waals surface area contributed by atoms with Gasteiger partial charge in [0.2, 0.25) is 0 Å². The first-order valence-corrected chi connectivity index (χ1v) is 16.8. The number of nitrogens with zero attached hydrogens (tertiary/aromatic N) is 2. The Balaban J connectivity index is 0.000000595. The monoisotopic (exact) mass is 570 g/mol. The number of aliphatic carboxylic acids is 1. The molecule has 7 nitrogen and oxygen atoms in total. The molecule has 0 aromatic carbocycles. The summed E-state index contributed by atoms with van der Waals surface area (Å²) in [6, 6.07) is 4.75. The SMILES string of the molecule is CN1CCC(C(=O)O)CC1[C@H]1CC[C@@]2(C)C(=CC[C@@H]3[C@@H]2CC[C@]2(C)C(c4cccnc4)=CC[C@@H]32)C1.CS(=O)(=O)O. The highest BCUT2D eigenvalue weighted by molar-refractivity contribution is 7.85. The topological polar surface area (TPSA) is 108 Å². The second-order valence-electron chi connectivity index (χ2n) is 13.7. The molecule has 8 atom stereocenters. The molecule has 1 aromatic rings. The zero-order valence-electron chi connectivity index (χ0n) is 24.4. The lowest BCUT2D eigenvalue weighted by Gasteiger charge is -2.58. The van der Waals surface area contributed by atoms with Crippen LogP contribution in [0.25, 0.3) is 5.57 Å². The van der Waals surface area contributed by atoms with Gasteiger partial charge in [-0.25, -0.2) is 0 Å². The van der Waals surface area contributed by atoms with Crippen molar-refractivity contribution in [1.82, 2.24) is 9.88 Å². The summed E-state index contributed by atoms with van der Waals surface area (Å²) in [6.45, 7) is 6.05. The fourth-order valence-electron chi connectivity index (χ4n) is 9.45. The van der Waals surface area contributed by atoms with Gasteiger partial charge in [0.05, 0.1) is 12.2 Å². The number of aromatic nitrogens is 1. The van der Waals surface area contributed by atoms with Crippen LogP contribution >= 0.6 is 0 Å². The highest BCUT2D eigenvalue weighted by Gasteiger charge is 2.57. The predicted molar refractivity (Wildman–Crippen MR) is 157 cm³/mol. The van der Waals surface area contributed by atoms with Crippen molar-refractivity contribution in [2.24, 2.45) is 40.4 Å². The van der Waals surface area contributed by atoms with E-state index in [2.05, 4.69) is 61.3 Å². The number of fused-ring (bicyclic) bond motifs is 5. The summed E-state index contributed by atoms with van der Waals surface area (Å²) in [5.41, 5.74) is 5.19. The number of hydrogen-bond acceptors (Lipinski definition) is 5. The standard InChI is InChI=1S/C31H42N2O2.CH4O3S/c1-30-13-10-20(28-18-21(29(34)35)12-16-33(28)3)17-23(30)6-7-24-26-9-8-25(22-5-4-15-32-19-22)31(26,2)14-11-27(24)30;1-5(2,3)4/h4-6,8,15,19-21,24,26-28H,7,9-14,16-18H2,1-3H3,(H,34,35);1H3,(H,2,3,4)/t20-,21?,24-,26-,27-,28?,30-,31+;/m0./s1. The van der Waals surface area contributed by atoms with Crippen molar-refractivity contribution in [3.8, 4) is 0 Å². The van der Waals surface area contributed by atoms with Gasteiger partial charge in [0.15, 0.2) is 0 Å². The van der Waals surface area contributed by atoms with Crippen molar-refractivity contribution >= 4 is 21.7 Å². The van der Waals surface area contributed by atoms with Gasteiger partial charge in [-0.05, 0) is 123 Å². The van der Waals surface area contributed by atoms with Crippen molar-refractivity contribution in [3.05, 3.63) is 47.8 Å². The van der Waals surface area contributed by atoms with Gasteiger partial charge in [-0.3, -0.25) is 14.3 Å². The molecule has 1 aromatic heterocycles. The summed E-state index contributed by atoms with van der Waals surface area (Å²) < 4.78 is 25.9. The number of carboxylic acids is 1. The van der Waals surface area contributed by atoms with Crippen LogP contribution < -0.4 is 0 Å². The highest BCUT2D eigenvalue weighted by atomic mass is 32.2. The lowest BCUT2D eigenvalue weighted by molar-refractivity contribution is -0.144. The van der Waals surface area contributed by atoms with Gasteiger partial charge in [-0.1, -0.05) is 37.6 Å². The molecule has 0 radical (unpaired) electrons. The molecule has 6 rings (SSSR count). The van der Waals surface area contributed by atoms with Gasteiger partial charge in [-0.2, -0.15) is 8.42 Å². The van der Waals surface area contributed by atoms with Crippen LogP contribution in [0.1, 0.15) is 77.2 Å². The molecular weight excluding hydrogens is 524 g/mol. The molecule has 3 fully saturated rings. The zero-order chi connectivity index (χ0) is 28.9. The van der Waals surface area contributed by atoms with Gasteiger partial charge in [0.1, 0.15) is 0 Å². The molecule has 40 heavy (non-hydrogen) atoms. The quantitative estimate of drug-likeness (QED) is 0.341. The molecule has 4 aliphatic carbocycles. The fraction of sp³-hybridized carbons (Fsp3) is 0.688. The van der Waals surface area contributed by atoms with Crippen LogP contribution in [0.4, 0.5) is 0 Å². The Kier molecular flexibility index (Phi) is 8.10. The van der Waals surface area contributed by atoms with E-state index in [9.17, 15) is 18.3 Å². The highest BCUT2D eigenvalue weighted by Crippen LogP contribution is 2.66. The van der Waals surface area contributed by atoms with Crippen LogP contribution in [0.2, 0.25) is 0 Å². The minimum absolute atomic E-state index is 0.158. The van der Waals surface area contributed by atoms with E-state index >= 15 is 0 Å². The zero-order valence-corrected chi connectivity index (χ0v) is 25.2. The normalized spacial score (nSPS) is 39.4. The summed E-state index contributed by atoms with van der Waals surface area (Å²) in [7, 11) is -1.45. The number of carboxylic acid groups (broad SMARTS) is 1. The Labute approximate surface area is 239 Å². The minimum Gasteiger partial charge on any atom is -0.481 e. The number of hydrogen-bond donors (Lipinski definition) is 2. The van der Waals surface area contributed by atoms with Crippen molar-refractivity contribution in [2.45, 2.75) is 77.7 Å². The van der Waals surface area contributed by atoms with Crippen LogP contribution in [0.15, 0.2) is 42.3 Å². The van der Waals surface area contributed by atoms with Crippen molar-refractivity contribution < 1.29 is 22.9 Å². The first kappa shape index (κ1) is 29.5. The molecule has 8 heteroatoms. The van der Waals surface area contributed by atoms with E-state index in [1.807, 2.05) is 6.20 Å². The molecular formula is C32H46N2O5S. The molecule has 0 amide bonds. The first-order valence-electron chi connectivity index (χ1n) is 15.0. The maximum absolute atomic E-state index is 11.7. The summed E-state index contributed by atoms with van der Waals surface area (Å²) in [5.74, 6) is 2.16. The third-order valence-electron chi connectivity index (χ3n) is 11.5. The van der Waals surface area contributed by atoms with Crippen LogP contribution in [0.3, 0.4) is 0 Å². The molecule has 2 N–H and O–H groups in total. The Morgan fingerprint density at radius 3 is 2.48 bits per heavy atom. The molecule has 0 spiro atoms. The van der Waals surface area contributed by atoms with Crippen LogP contribution in [0, 0.1) is 40.4 Å². The van der Waals surface area contributed by atoms with E-state index in [1.165, 1.54) is 50.5 Å². The van der Waals surface area contributed by atoms with Crippen molar-refractivity contribution in [3.63, 3.8) is 0 Å². The Bertz CT molecular complexity index is 1270. The molecule has 1 saturated heterocycles. The second kappa shape index (κ2) is 11.0. The number of carbonyl (C=O) groups is 1. The van der Waals surface area contributed by atoms with E-state index in [-0.39, 0.29) is 11.3 Å². The van der Waals surface area contributed by atoms with Gasteiger partial charge in [0.25, 0.3) is 10.1 Å². The van der Waals surface area contributed by atoms with Gasteiger partial charge < -0.3 is 10.0 Å². The molecule has 0 bridgehead atoms. The maximum Gasteiger partial charge on any atom is 0.306 e. The molecule has 1 aliphatic heterocycles. The average Bonchev–Trinajstić information content (AvgIpc) is 3.25. The number of rotatable bonds is 3. The van der Waals surface area contributed by atoms with Gasteiger partial charge in [-0.15, -0.1) is 0 Å². The average molecular weight is 571 g/mol. The lowest BCUT2D eigenvalue weighted by atomic mass is 9.46. The number of piperidine rings is 1. The molecule has 2 heterocycles. The molecule has 2 unspecified atom stereocenters. The first-order chi connectivity index (χ1) is 18.8. The third kappa shape index (κ3) is 5.56. The summed E-state index contributed by atoms with van der Waals surface area (Å²) >= 11 is 0. The lowest BCUT2D eigenvalue weighted by Crippen LogP contribution is -2.52. The summed E-state index contributed by atoms with van der Waals surface area (Å²) in [6.07, 6.45) is 20.3. The van der Waals surface area contributed by atoms with E-state index in [1.54, 1.807) is 11.1 Å². The van der Waals surface area contributed by atoms with Crippen molar-refractivity contribution in [2.75, 3.05) is 19.8 Å². The molecule has 220 valence electrons. The molecule has 5 aliphatic rings.